The highest BCUT2D eigenvalue weighted by Gasteiger charge is 1.99. The molecule has 12 heteroatoms. The Balaban J connectivity index is 1.70. The van der Waals surface area contributed by atoms with E-state index >= 15 is 0 Å². The SMILES string of the molecule is CCCCCCCCCc1ccc(OCCOCCOCCOCCOCCOCCOCCOCCOCCOCCOCCBr)cc1. The summed E-state index contributed by atoms with van der Waals surface area (Å²) in [5, 5.41) is 0.839. The molecule has 0 saturated heterocycles. The number of halogens is 1. The average Bonchev–Trinajstić information content (AvgIpc) is 3.12. The topological polar surface area (TPSA) is 102 Å². The molecule has 0 atom stereocenters. The summed E-state index contributed by atoms with van der Waals surface area (Å²) < 4.78 is 60.5. The highest BCUT2D eigenvalue weighted by atomic mass is 79.9. The normalized spacial score (nSPS) is 11.5. The van der Waals surface area contributed by atoms with Crippen LogP contribution in [0.3, 0.4) is 0 Å². The Hall–Kier alpha value is -0.900. The van der Waals surface area contributed by atoms with E-state index in [0.717, 1.165) is 17.5 Å². The van der Waals surface area contributed by atoms with Gasteiger partial charge in [-0.1, -0.05) is 73.5 Å². The maximum Gasteiger partial charge on any atom is 0.119 e. The third-order valence-corrected chi connectivity index (χ3v) is 7.38. The Morgan fingerprint density at radius 1 is 0.367 bits per heavy atom. The quantitative estimate of drug-likeness (QED) is 0.0587. The summed E-state index contributed by atoms with van der Waals surface area (Å²) in [6.45, 7) is 13.6. The third-order valence-electron chi connectivity index (χ3n) is 7.06. The van der Waals surface area contributed by atoms with Gasteiger partial charge in [0.05, 0.1) is 132 Å². The standard InChI is InChI=1S/C37H67BrO11/c1-2-3-4-5-6-7-8-9-36-10-12-37(13-11-36)49-35-34-48-33-32-47-31-30-46-29-28-45-27-26-44-25-24-43-23-22-42-21-20-41-19-18-40-17-16-39-15-14-38/h10-13H,2-9,14-35H2,1H3. The molecule has 0 aliphatic carbocycles. The van der Waals surface area contributed by atoms with Crippen LogP contribution in [0, 0.1) is 0 Å². The van der Waals surface area contributed by atoms with Crippen molar-refractivity contribution in [3.63, 3.8) is 0 Å². The van der Waals surface area contributed by atoms with Crippen molar-refractivity contribution in [3.05, 3.63) is 29.8 Å². The van der Waals surface area contributed by atoms with Gasteiger partial charge in [0.1, 0.15) is 12.4 Å². The first-order valence-electron chi connectivity index (χ1n) is 18.4. The minimum atomic E-state index is 0.518. The van der Waals surface area contributed by atoms with Gasteiger partial charge in [-0.15, -0.1) is 0 Å². The Morgan fingerprint density at radius 2 is 0.673 bits per heavy atom. The summed E-state index contributed by atoms with van der Waals surface area (Å²) in [5.41, 5.74) is 1.38. The lowest BCUT2D eigenvalue weighted by atomic mass is 10.0. The van der Waals surface area contributed by atoms with Crippen LogP contribution in [0.15, 0.2) is 24.3 Å². The van der Waals surface area contributed by atoms with E-state index in [9.17, 15) is 0 Å². The van der Waals surface area contributed by atoms with Crippen LogP contribution in [0.5, 0.6) is 5.75 Å². The van der Waals surface area contributed by atoms with E-state index in [-0.39, 0.29) is 0 Å². The van der Waals surface area contributed by atoms with Crippen LogP contribution in [0.4, 0.5) is 0 Å². The molecule has 288 valence electrons. The Kier molecular flexibility index (Phi) is 37.5. The molecule has 0 N–H and O–H groups in total. The Bertz CT molecular complexity index is 760. The molecule has 1 aromatic carbocycles. The zero-order valence-electron chi connectivity index (χ0n) is 30.4. The highest BCUT2D eigenvalue weighted by Crippen LogP contribution is 2.15. The molecular weight excluding hydrogens is 700 g/mol. The van der Waals surface area contributed by atoms with Crippen molar-refractivity contribution in [2.24, 2.45) is 0 Å². The first-order chi connectivity index (χ1) is 24.4. The molecule has 0 saturated carbocycles. The molecule has 0 unspecified atom stereocenters. The second-order valence-corrected chi connectivity index (χ2v) is 12.0. The number of benzene rings is 1. The Labute approximate surface area is 305 Å². The van der Waals surface area contributed by atoms with Gasteiger partial charge < -0.3 is 52.1 Å². The minimum absolute atomic E-state index is 0.518. The lowest BCUT2D eigenvalue weighted by Crippen LogP contribution is -2.15. The van der Waals surface area contributed by atoms with Crippen molar-refractivity contribution < 1.29 is 52.1 Å². The first-order valence-corrected chi connectivity index (χ1v) is 19.5. The van der Waals surface area contributed by atoms with Crippen LogP contribution < -0.4 is 4.74 Å². The molecular formula is C37H67BrO11. The van der Waals surface area contributed by atoms with Crippen molar-refractivity contribution in [3.8, 4) is 5.75 Å². The van der Waals surface area contributed by atoms with Gasteiger partial charge in [0.25, 0.3) is 0 Å². The number of rotatable bonds is 41. The molecule has 0 bridgehead atoms. The highest BCUT2D eigenvalue weighted by molar-refractivity contribution is 9.09. The van der Waals surface area contributed by atoms with Crippen LogP contribution in [0.25, 0.3) is 0 Å². The summed E-state index contributed by atoms with van der Waals surface area (Å²) in [5.74, 6) is 0.888. The molecule has 0 aliphatic rings. The fraction of sp³-hybridized carbons (Fsp3) is 0.838. The number of ether oxygens (including phenoxy) is 11. The molecule has 0 radical (unpaired) electrons. The molecule has 0 aromatic heterocycles. The molecule has 49 heavy (non-hydrogen) atoms. The van der Waals surface area contributed by atoms with E-state index in [1.54, 1.807) is 0 Å². The molecule has 1 rings (SSSR count). The predicted molar refractivity (Wildman–Crippen MR) is 196 cm³/mol. The van der Waals surface area contributed by atoms with Gasteiger partial charge in [0, 0.05) is 5.33 Å². The van der Waals surface area contributed by atoms with E-state index < -0.39 is 0 Å². The lowest BCUT2D eigenvalue weighted by Gasteiger charge is -2.09. The molecule has 0 aliphatic heterocycles. The fourth-order valence-electron chi connectivity index (χ4n) is 4.39. The first kappa shape index (κ1) is 46.1. The summed E-state index contributed by atoms with van der Waals surface area (Å²) in [6, 6.07) is 8.46. The predicted octanol–water partition coefficient (Wildman–Crippen LogP) is 5.92. The van der Waals surface area contributed by atoms with Crippen LogP contribution in [0.1, 0.15) is 57.4 Å². The van der Waals surface area contributed by atoms with Crippen LogP contribution in [0.2, 0.25) is 0 Å². The van der Waals surface area contributed by atoms with Crippen LogP contribution in [-0.4, -0.2) is 144 Å². The van der Waals surface area contributed by atoms with Crippen molar-refractivity contribution in [1.29, 1.82) is 0 Å². The smallest absolute Gasteiger partial charge is 0.119 e. The van der Waals surface area contributed by atoms with Gasteiger partial charge in [-0.25, -0.2) is 0 Å². The lowest BCUT2D eigenvalue weighted by molar-refractivity contribution is -0.0265. The molecule has 11 nitrogen and oxygen atoms in total. The number of alkyl halides is 1. The van der Waals surface area contributed by atoms with Crippen molar-refractivity contribution >= 4 is 15.9 Å². The second kappa shape index (κ2) is 39.9. The van der Waals surface area contributed by atoms with E-state index in [2.05, 4.69) is 47.1 Å². The molecule has 0 spiro atoms. The number of hydrogen-bond acceptors (Lipinski definition) is 11. The molecule has 0 heterocycles. The van der Waals surface area contributed by atoms with Crippen molar-refractivity contribution in [2.75, 3.05) is 144 Å². The number of unbranched alkanes of at least 4 members (excludes halogenated alkanes) is 6. The van der Waals surface area contributed by atoms with Crippen molar-refractivity contribution in [2.45, 2.75) is 58.3 Å². The second-order valence-electron chi connectivity index (χ2n) is 11.2. The van der Waals surface area contributed by atoms with Crippen molar-refractivity contribution in [1.82, 2.24) is 0 Å². The number of aryl methyl sites for hydroxylation is 1. The summed E-state index contributed by atoms with van der Waals surface area (Å²) in [7, 11) is 0. The summed E-state index contributed by atoms with van der Waals surface area (Å²) in [6.07, 6.45) is 10.5. The maximum absolute atomic E-state index is 5.78. The zero-order chi connectivity index (χ0) is 35.0. The van der Waals surface area contributed by atoms with Gasteiger partial charge in [0.15, 0.2) is 0 Å². The van der Waals surface area contributed by atoms with Gasteiger partial charge >= 0.3 is 0 Å². The largest absolute Gasteiger partial charge is 0.491 e. The molecule has 1 aromatic rings. The summed E-state index contributed by atoms with van der Waals surface area (Å²) in [4.78, 5) is 0. The fourth-order valence-corrected chi connectivity index (χ4v) is 4.62. The molecule has 0 fully saturated rings. The van der Waals surface area contributed by atoms with E-state index in [1.807, 2.05) is 0 Å². The maximum atomic E-state index is 5.78. The van der Waals surface area contributed by atoms with Gasteiger partial charge in [-0.05, 0) is 30.5 Å². The van der Waals surface area contributed by atoms with Crippen LogP contribution in [-0.2, 0) is 53.8 Å². The third kappa shape index (κ3) is 35.3. The van der Waals surface area contributed by atoms with E-state index in [0.29, 0.717) is 139 Å². The average molecular weight is 768 g/mol. The van der Waals surface area contributed by atoms with E-state index in [1.165, 1.54) is 50.5 Å². The van der Waals surface area contributed by atoms with Gasteiger partial charge in [-0.2, -0.15) is 0 Å². The molecule has 0 amide bonds. The summed E-state index contributed by atoms with van der Waals surface area (Å²) >= 11 is 3.31. The van der Waals surface area contributed by atoms with Gasteiger partial charge in [0.2, 0.25) is 0 Å². The van der Waals surface area contributed by atoms with Gasteiger partial charge in [-0.3, -0.25) is 0 Å². The van der Waals surface area contributed by atoms with E-state index in [4.69, 9.17) is 52.1 Å². The zero-order valence-corrected chi connectivity index (χ0v) is 32.0. The Morgan fingerprint density at radius 3 is 1.02 bits per heavy atom. The van der Waals surface area contributed by atoms with Crippen LogP contribution >= 0.6 is 15.9 Å². The number of hydrogen-bond donors (Lipinski definition) is 0. The monoisotopic (exact) mass is 766 g/mol. The minimum Gasteiger partial charge on any atom is -0.491 e.